The number of carboxylic acids is 1. The number of amides is 1. The zero-order valence-electron chi connectivity index (χ0n) is 14.8. The Morgan fingerprint density at radius 3 is 2.64 bits per heavy atom. The fourth-order valence-corrected chi connectivity index (χ4v) is 3.01. The summed E-state index contributed by atoms with van der Waals surface area (Å²) in [5.74, 6) is -1.62. The lowest BCUT2D eigenvalue weighted by atomic mass is 10.1. The highest BCUT2D eigenvalue weighted by Gasteiger charge is 2.37. The van der Waals surface area contributed by atoms with Crippen molar-refractivity contribution in [2.75, 3.05) is 24.5 Å². The number of nitro groups is 1. The van der Waals surface area contributed by atoms with Crippen LogP contribution in [0, 0.1) is 10.1 Å². The Kier molecular flexibility index (Phi) is 5.68. The highest BCUT2D eigenvalue weighted by Crippen LogP contribution is 2.29. The van der Waals surface area contributed by atoms with Crippen LogP contribution in [0.15, 0.2) is 48.7 Å². The zero-order valence-corrected chi connectivity index (χ0v) is 14.8. The number of carbonyl (C=O) groups is 2. The van der Waals surface area contributed by atoms with Gasteiger partial charge in [0, 0.05) is 13.1 Å². The Morgan fingerprint density at radius 2 is 1.96 bits per heavy atom. The van der Waals surface area contributed by atoms with E-state index in [1.807, 2.05) is 30.3 Å². The number of hydrogen-bond acceptors (Lipinski definition) is 7. The Bertz CT molecular complexity index is 875. The first-order valence-electron chi connectivity index (χ1n) is 8.52. The van der Waals surface area contributed by atoms with Crippen LogP contribution in [0.4, 0.5) is 16.3 Å². The molecule has 0 bridgehead atoms. The number of pyridine rings is 1. The third kappa shape index (κ3) is 4.17. The van der Waals surface area contributed by atoms with Gasteiger partial charge in [-0.1, -0.05) is 30.3 Å². The van der Waals surface area contributed by atoms with Gasteiger partial charge in [-0.05, 0) is 27.6 Å². The molecule has 10 nitrogen and oxygen atoms in total. The van der Waals surface area contributed by atoms with E-state index in [2.05, 4.69) is 4.98 Å². The fraction of sp³-hybridized carbons (Fsp3) is 0.278. The minimum absolute atomic E-state index is 0.0751. The molecular weight excluding hydrogens is 368 g/mol. The highest BCUT2D eigenvalue weighted by atomic mass is 16.6. The monoisotopic (exact) mass is 386 g/mol. The lowest BCUT2D eigenvalue weighted by Crippen LogP contribution is -2.58. The van der Waals surface area contributed by atoms with Crippen molar-refractivity contribution in [2.24, 2.45) is 0 Å². The normalized spacial score (nSPS) is 16.5. The number of piperazine rings is 1. The minimum Gasteiger partial charge on any atom is -0.480 e. The molecule has 1 N–H and O–H groups in total. The molecule has 0 spiro atoms. The van der Waals surface area contributed by atoms with Gasteiger partial charge in [0.2, 0.25) is 0 Å². The number of nitrogens with zero attached hydrogens (tertiary/aromatic N) is 4. The van der Waals surface area contributed by atoms with Crippen molar-refractivity contribution in [2.45, 2.75) is 12.6 Å². The number of aliphatic carboxylic acids is 1. The summed E-state index contributed by atoms with van der Waals surface area (Å²) >= 11 is 0. The topological polar surface area (TPSA) is 126 Å². The molecule has 1 aliphatic rings. The van der Waals surface area contributed by atoms with Gasteiger partial charge in [0.15, 0.2) is 0 Å². The Labute approximate surface area is 160 Å². The van der Waals surface area contributed by atoms with Crippen LogP contribution in [0.1, 0.15) is 5.56 Å². The molecule has 1 aromatic heterocycles. The number of carboxylic acid groups (broad SMARTS) is 1. The molecule has 2 aromatic rings. The second kappa shape index (κ2) is 8.33. The van der Waals surface area contributed by atoms with Crippen LogP contribution >= 0.6 is 0 Å². The van der Waals surface area contributed by atoms with Gasteiger partial charge in [0.25, 0.3) is 0 Å². The summed E-state index contributed by atoms with van der Waals surface area (Å²) in [5, 5.41) is 20.8. The predicted octanol–water partition coefficient (Wildman–Crippen LogP) is 1.90. The summed E-state index contributed by atoms with van der Waals surface area (Å²) < 4.78 is 5.25. The summed E-state index contributed by atoms with van der Waals surface area (Å²) in [6.07, 6.45) is 0.643. The molecular formula is C18H18N4O6. The third-order valence-electron chi connectivity index (χ3n) is 4.38. The van der Waals surface area contributed by atoms with Crippen LogP contribution in [0.3, 0.4) is 0 Å². The van der Waals surface area contributed by atoms with Gasteiger partial charge in [-0.25, -0.2) is 9.59 Å². The van der Waals surface area contributed by atoms with Crippen molar-refractivity contribution < 1.29 is 24.4 Å². The molecule has 28 heavy (non-hydrogen) atoms. The van der Waals surface area contributed by atoms with E-state index in [-0.39, 0.29) is 31.9 Å². The maximum Gasteiger partial charge on any atom is 0.410 e. The summed E-state index contributed by atoms with van der Waals surface area (Å²) in [6, 6.07) is 10.9. The number of carbonyl (C=O) groups excluding carboxylic acids is 1. The molecule has 3 rings (SSSR count). The number of rotatable bonds is 5. The number of benzene rings is 1. The molecule has 1 atom stereocenters. The molecule has 1 amide bonds. The third-order valence-corrected chi connectivity index (χ3v) is 4.38. The molecule has 1 aromatic carbocycles. The summed E-state index contributed by atoms with van der Waals surface area (Å²) in [4.78, 5) is 41.0. The molecule has 1 saturated heterocycles. The molecule has 0 radical (unpaired) electrons. The average molecular weight is 386 g/mol. The van der Waals surface area contributed by atoms with E-state index >= 15 is 0 Å². The van der Waals surface area contributed by atoms with Crippen LogP contribution in [0.25, 0.3) is 0 Å². The van der Waals surface area contributed by atoms with Crippen molar-refractivity contribution in [3.63, 3.8) is 0 Å². The number of ether oxygens (including phenoxy) is 1. The van der Waals surface area contributed by atoms with E-state index < -0.39 is 28.8 Å². The first-order valence-corrected chi connectivity index (χ1v) is 8.52. The largest absolute Gasteiger partial charge is 0.480 e. The van der Waals surface area contributed by atoms with E-state index in [0.717, 1.165) is 5.56 Å². The van der Waals surface area contributed by atoms with Crippen molar-refractivity contribution in [3.8, 4) is 0 Å². The van der Waals surface area contributed by atoms with E-state index in [0.29, 0.717) is 0 Å². The van der Waals surface area contributed by atoms with Gasteiger partial charge in [-0.2, -0.15) is 0 Å². The van der Waals surface area contributed by atoms with E-state index in [4.69, 9.17) is 4.74 Å². The summed E-state index contributed by atoms with van der Waals surface area (Å²) in [5.41, 5.74) is 0.924. The second-order valence-electron chi connectivity index (χ2n) is 6.14. The van der Waals surface area contributed by atoms with Crippen molar-refractivity contribution in [1.29, 1.82) is 0 Å². The Morgan fingerprint density at radius 1 is 1.21 bits per heavy atom. The minimum atomic E-state index is -1.20. The quantitative estimate of drug-likeness (QED) is 0.610. The molecule has 1 unspecified atom stereocenters. The Balaban J connectivity index is 1.72. The zero-order chi connectivity index (χ0) is 20.1. The summed E-state index contributed by atoms with van der Waals surface area (Å²) in [6.45, 7) is 0.189. The molecule has 1 fully saturated rings. The number of hydrogen-bond donors (Lipinski definition) is 1. The van der Waals surface area contributed by atoms with Gasteiger partial charge in [0.05, 0.1) is 6.54 Å². The van der Waals surface area contributed by atoms with Crippen molar-refractivity contribution in [1.82, 2.24) is 9.88 Å². The molecule has 1 aliphatic heterocycles. The lowest BCUT2D eigenvalue weighted by Gasteiger charge is -2.39. The average Bonchev–Trinajstić information content (AvgIpc) is 2.72. The van der Waals surface area contributed by atoms with Crippen LogP contribution in [0.2, 0.25) is 0 Å². The molecule has 10 heteroatoms. The molecule has 146 valence electrons. The van der Waals surface area contributed by atoms with E-state index in [1.165, 1.54) is 28.1 Å². The van der Waals surface area contributed by atoms with Gasteiger partial charge in [0.1, 0.15) is 24.5 Å². The number of aromatic nitrogens is 1. The Hall–Kier alpha value is -3.69. The lowest BCUT2D eigenvalue weighted by molar-refractivity contribution is -0.388. The van der Waals surface area contributed by atoms with Crippen LogP contribution < -0.4 is 4.90 Å². The van der Waals surface area contributed by atoms with Gasteiger partial charge in [-0.15, -0.1) is 0 Å². The SMILES string of the molecule is O=C(O)C1CN(C(=O)OCc2ccccc2)CCN1c1cccnc1[N+](=O)[O-]. The van der Waals surface area contributed by atoms with Crippen molar-refractivity contribution >= 4 is 23.6 Å². The standard InChI is InChI=1S/C18H18N4O6/c23-17(24)15-11-20(18(25)28-12-13-5-2-1-3-6-13)9-10-21(15)14-7-4-8-19-16(14)22(26)27/h1-8,15H,9-12H2,(H,23,24). The summed E-state index contributed by atoms with van der Waals surface area (Å²) in [7, 11) is 0. The first kappa shape index (κ1) is 19.1. The van der Waals surface area contributed by atoms with Crippen molar-refractivity contribution in [3.05, 3.63) is 64.3 Å². The van der Waals surface area contributed by atoms with Gasteiger partial charge < -0.3 is 29.8 Å². The molecule has 2 heterocycles. The van der Waals surface area contributed by atoms with Crippen LogP contribution in [-0.4, -0.2) is 57.7 Å². The highest BCUT2D eigenvalue weighted by molar-refractivity contribution is 5.81. The van der Waals surface area contributed by atoms with Gasteiger partial charge in [-0.3, -0.25) is 0 Å². The maximum atomic E-state index is 12.3. The van der Waals surface area contributed by atoms with E-state index in [9.17, 15) is 24.8 Å². The smallest absolute Gasteiger partial charge is 0.410 e. The van der Waals surface area contributed by atoms with Crippen LogP contribution in [-0.2, 0) is 16.1 Å². The predicted molar refractivity (Wildman–Crippen MR) is 97.9 cm³/mol. The first-order chi connectivity index (χ1) is 13.5. The van der Waals surface area contributed by atoms with Gasteiger partial charge >= 0.3 is 17.9 Å². The molecule has 0 aliphatic carbocycles. The fourth-order valence-electron chi connectivity index (χ4n) is 3.01. The van der Waals surface area contributed by atoms with Crippen LogP contribution in [0.5, 0.6) is 0 Å². The molecule has 0 saturated carbocycles. The van der Waals surface area contributed by atoms with E-state index in [1.54, 1.807) is 0 Å². The second-order valence-corrected chi connectivity index (χ2v) is 6.14. The maximum absolute atomic E-state index is 12.3. The number of anilines is 1.